The van der Waals surface area contributed by atoms with Gasteiger partial charge in [-0.25, -0.2) is 0 Å². The lowest BCUT2D eigenvalue weighted by atomic mass is 10.1. The van der Waals surface area contributed by atoms with Gasteiger partial charge in [-0.1, -0.05) is 0 Å². The minimum atomic E-state index is -0.259. The van der Waals surface area contributed by atoms with Crippen LogP contribution in [-0.2, 0) is 4.74 Å². The number of anilines is 1. The average Bonchev–Trinajstić information content (AvgIpc) is 3.20. The Kier molecular flexibility index (Phi) is 6.67. The lowest BCUT2D eigenvalue weighted by Gasteiger charge is -2.22. The van der Waals surface area contributed by atoms with E-state index in [1.165, 1.54) is 0 Å². The first-order chi connectivity index (χ1) is 13.2. The molecule has 1 unspecified atom stereocenters. The van der Waals surface area contributed by atoms with Crippen LogP contribution in [0.2, 0.25) is 0 Å². The van der Waals surface area contributed by atoms with Crippen LogP contribution in [0.3, 0.4) is 0 Å². The molecule has 1 saturated heterocycles. The number of ether oxygens (including phenoxy) is 3. The van der Waals surface area contributed by atoms with Crippen molar-refractivity contribution in [3.05, 3.63) is 36.2 Å². The predicted octanol–water partition coefficient (Wildman–Crippen LogP) is 2.09. The van der Waals surface area contributed by atoms with Gasteiger partial charge in [0.15, 0.2) is 17.2 Å². The number of nitrogens with zero attached hydrogens (tertiary/aromatic N) is 2. The quantitative estimate of drug-likeness (QED) is 0.688. The van der Waals surface area contributed by atoms with Gasteiger partial charge in [-0.15, -0.1) is 0 Å². The molecule has 0 bridgehead atoms. The zero-order chi connectivity index (χ0) is 19.1. The maximum atomic E-state index is 12.5. The number of aromatic nitrogens is 2. The first-order valence-electron chi connectivity index (χ1n) is 9.08. The van der Waals surface area contributed by atoms with Crippen LogP contribution in [0.1, 0.15) is 29.4 Å². The highest BCUT2D eigenvalue weighted by Gasteiger charge is 2.18. The predicted molar refractivity (Wildman–Crippen MR) is 102 cm³/mol. The Morgan fingerprint density at radius 3 is 2.93 bits per heavy atom. The monoisotopic (exact) mass is 374 g/mol. The molecule has 1 aromatic heterocycles. The molecule has 2 aromatic rings. The molecule has 1 aromatic carbocycles. The van der Waals surface area contributed by atoms with E-state index in [0.717, 1.165) is 25.9 Å². The first-order valence-corrected chi connectivity index (χ1v) is 9.08. The summed E-state index contributed by atoms with van der Waals surface area (Å²) in [6.07, 6.45) is 4.04. The van der Waals surface area contributed by atoms with Crippen LogP contribution >= 0.6 is 0 Å². The van der Waals surface area contributed by atoms with E-state index < -0.39 is 0 Å². The Morgan fingerprint density at radius 1 is 1.30 bits per heavy atom. The van der Waals surface area contributed by atoms with Crippen molar-refractivity contribution in [2.45, 2.75) is 18.9 Å². The van der Waals surface area contributed by atoms with Crippen LogP contribution in [0.4, 0.5) is 5.69 Å². The Hall–Kier alpha value is -2.58. The lowest BCUT2D eigenvalue weighted by molar-refractivity contribution is 0.102. The second-order valence-corrected chi connectivity index (χ2v) is 6.34. The number of carbonyl (C=O) groups is 1. The third-order valence-corrected chi connectivity index (χ3v) is 4.45. The Labute approximate surface area is 158 Å². The van der Waals surface area contributed by atoms with Crippen LogP contribution in [-0.4, -0.2) is 56.2 Å². The molecular weight excluding hydrogens is 348 g/mol. The summed E-state index contributed by atoms with van der Waals surface area (Å²) in [4.78, 5) is 12.5. The van der Waals surface area contributed by atoms with E-state index in [-0.39, 0.29) is 5.91 Å². The van der Waals surface area contributed by atoms with Crippen molar-refractivity contribution in [1.29, 1.82) is 0 Å². The van der Waals surface area contributed by atoms with E-state index in [4.69, 9.17) is 14.2 Å². The van der Waals surface area contributed by atoms with Gasteiger partial charge in [0.1, 0.15) is 6.61 Å². The van der Waals surface area contributed by atoms with E-state index in [1.807, 2.05) is 10.9 Å². The van der Waals surface area contributed by atoms with Crippen LogP contribution in [0.25, 0.3) is 0 Å². The molecule has 27 heavy (non-hydrogen) atoms. The van der Waals surface area contributed by atoms with Gasteiger partial charge in [-0.2, -0.15) is 5.10 Å². The third-order valence-electron chi connectivity index (χ3n) is 4.45. The summed E-state index contributed by atoms with van der Waals surface area (Å²) < 4.78 is 17.8. The number of rotatable bonds is 8. The highest BCUT2D eigenvalue weighted by atomic mass is 16.5. The summed E-state index contributed by atoms with van der Waals surface area (Å²) in [5.74, 6) is 0.884. The van der Waals surface area contributed by atoms with Gasteiger partial charge in [0.05, 0.1) is 19.8 Å². The SMILES string of the molecule is COCCOc1cc(NC(=O)c2ccn(C3CCCNC3)n2)ccc1OC. The van der Waals surface area contributed by atoms with E-state index in [9.17, 15) is 4.79 Å². The number of nitrogens with one attached hydrogen (secondary N) is 2. The highest BCUT2D eigenvalue weighted by molar-refractivity contribution is 6.02. The molecule has 0 spiro atoms. The molecule has 1 fully saturated rings. The number of hydrogen-bond acceptors (Lipinski definition) is 6. The molecule has 0 radical (unpaired) electrons. The van der Waals surface area contributed by atoms with E-state index in [1.54, 1.807) is 38.5 Å². The summed E-state index contributed by atoms with van der Waals surface area (Å²) in [5.41, 5.74) is 1.00. The molecule has 146 valence electrons. The minimum absolute atomic E-state index is 0.259. The maximum Gasteiger partial charge on any atom is 0.276 e. The Balaban J connectivity index is 1.66. The smallest absolute Gasteiger partial charge is 0.276 e. The van der Waals surface area contributed by atoms with E-state index in [0.29, 0.717) is 42.1 Å². The number of methoxy groups -OCH3 is 2. The van der Waals surface area contributed by atoms with Gasteiger partial charge >= 0.3 is 0 Å². The number of benzene rings is 1. The fourth-order valence-electron chi connectivity index (χ4n) is 3.02. The molecule has 2 N–H and O–H groups in total. The summed E-state index contributed by atoms with van der Waals surface area (Å²) in [6.45, 7) is 2.78. The van der Waals surface area contributed by atoms with Gasteiger partial charge < -0.3 is 24.8 Å². The van der Waals surface area contributed by atoms with Crippen LogP contribution in [0.15, 0.2) is 30.5 Å². The van der Waals surface area contributed by atoms with Crippen molar-refractivity contribution >= 4 is 11.6 Å². The normalized spacial score (nSPS) is 16.7. The molecule has 8 nitrogen and oxygen atoms in total. The second kappa shape index (κ2) is 9.38. The molecule has 1 aliphatic rings. The van der Waals surface area contributed by atoms with E-state index >= 15 is 0 Å². The molecule has 0 saturated carbocycles. The van der Waals surface area contributed by atoms with Crippen LogP contribution < -0.4 is 20.1 Å². The van der Waals surface area contributed by atoms with Crippen molar-refractivity contribution < 1.29 is 19.0 Å². The van der Waals surface area contributed by atoms with Gasteiger partial charge in [-0.3, -0.25) is 9.48 Å². The molecular formula is C19H26N4O4. The first kappa shape index (κ1) is 19.2. The summed E-state index contributed by atoms with van der Waals surface area (Å²) in [6, 6.07) is 7.28. The largest absolute Gasteiger partial charge is 0.493 e. The highest BCUT2D eigenvalue weighted by Crippen LogP contribution is 2.30. The summed E-state index contributed by atoms with van der Waals surface area (Å²) >= 11 is 0. The lowest BCUT2D eigenvalue weighted by Crippen LogP contribution is -2.32. The van der Waals surface area contributed by atoms with Gasteiger partial charge in [0.25, 0.3) is 5.91 Å². The van der Waals surface area contributed by atoms with Crippen molar-refractivity contribution in [2.75, 3.05) is 45.8 Å². The molecule has 1 aliphatic heterocycles. The Morgan fingerprint density at radius 2 is 2.19 bits per heavy atom. The van der Waals surface area contributed by atoms with Crippen molar-refractivity contribution in [2.24, 2.45) is 0 Å². The zero-order valence-corrected chi connectivity index (χ0v) is 15.7. The Bertz CT molecular complexity index is 756. The van der Waals surface area contributed by atoms with Crippen molar-refractivity contribution in [3.8, 4) is 11.5 Å². The summed E-state index contributed by atoms with van der Waals surface area (Å²) in [7, 11) is 3.18. The molecule has 8 heteroatoms. The molecule has 3 rings (SSSR count). The fourth-order valence-corrected chi connectivity index (χ4v) is 3.02. The van der Waals surface area contributed by atoms with Crippen molar-refractivity contribution in [1.82, 2.24) is 15.1 Å². The van der Waals surface area contributed by atoms with E-state index in [2.05, 4.69) is 15.7 Å². The number of amides is 1. The fraction of sp³-hybridized carbons (Fsp3) is 0.474. The molecule has 1 atom stereocenters. The van der Waals surface area contributed by atoms with Crippen molar-refractivity contribution in [3.63, 3.8) is 0 Å². The molecule has 2 heterocycles. The third kappa shape index (κ3) is 4.99. The topological polar surface area (TPSA) is 86.6 Å². The zero-order valence-electron chi connectivity index (χ0n) is 15.7. The van der Waals surface area contributed by atoms with Crippen LogP contribution in [0.5, 0.6) is 11.5 Å². The number of hydrogen-bond donors (Lipinski definition) is 2. The average molecular weight is 374 g/mol. The van der Waals surface area contributed by atoms with Gasteiger partial charge in [-0.05, 0) is 37.6 Å². The summed E-state index contributed by atoms with van der Waals surface area (Å²) in [5, 5.41) is 10.7. The standard InChI is InChI=1S/C19H26N4O4/c1-25-10-11-27-18-12-14(5-6-17(18)26-2)21-19(24)16-7-9-23(22-16)15-4-3-8-20-13-15/h5-7,9,12,15,20H,3-4,8,10-11,13H2,1-2H3,(H,21,24). The van der Waals surface area contributed by atoms with Gasteiger partial charge in [0, 0.05) is 31.6 Å². The number of piperidine rings is 1. The second-order valence-electron chi connectivity index (χ2n) is 6.34. The minimum Gasteiger partial charge on any atom is -0.493 e. The molecule has 0 aliphatic carbocycles. The van der Waals surface area contributed by atoms with Crippen LogP contribution in [0, 0.1) is 0 Å². The molecule has 1 amide bonds. The maximum absolute atomic E-state index is 12.5. The van der Waals surface area contributed by atoms with Gasteiger partial charge in [0.2, 0.25) is 0 Å². The number of carbonyl (C=O) groups excluding carboxylic acids is 1.